The number of hydrogen-bond donors (Lipinski definition) is 1. The van der Waals surface area contributed by atoms with E-state index < -0.39 is 0 Å². The Hall–Kier alpha value is -0.350. The number of halogens is 3. The second-order valence-corrected chi connectivity index (χ2v) is 5.45. The summed E-state index contributed by atoms with van der Waals surface area (Å²) in [5, 5.41) is 3.40. The van der Waals surface area contributed by atoms with Gasteiger partial charge in [-0.2, -0.15) is 0 Å². The summed E-state index contributed by atoms with van der Waals surface area (Å²) < 4.78 is 13.4. The molecule has 122 valence electrons. The van der Waals surface area contributed by atoms with Crippen molar-refractivity contribution >= 4 is 24.8 Å². The molecule has 5 heteroatoms. The van der Waals surface area contributed by atoms with Crippen LogP contribution in [0.25, 0.3) is 0 Å². The number of benzene rings is 1. The van der Waals surface area contributed by atoms with Gasteiger partial charge in [0.25, 0.3) is 0 Å². The zero-order chi connectivity index (χ0) is 13.7. The monoisotopic (exact) mass is 336 g/mol. The number of nitrogens with zero attached hydrogens (tertiary/aromatic N) is 1. The van der Waals surface area contributed by atoms with Crippen molar-refractivity contribution in [3.63, 3.8) is 0 Å². The minimum Gasteiger partial charge on any atom is -0.314 e. The maximum absolute atomic E-state index is 13.4. The third kappa shape index (κ3) is 5.74. The van der Waals surface area contributed by atoms with Gasteiger partial charge in [0.2, 0.25) is 0 Å². The van der Waals surface area contributed by atoms with Gasteiger partial charge in [0.1, 0.15) is 5.82 Å². The molecule has 0 radical (unpaired) electrons. The average molecular weight is 337 g/mol. The summed E-state index contributed by atoms with van der Waals surface area (Å²) >= 11 is 0. The van der Waals surface area contributed by atoms with Crippen molar-refractivity contribution in [1.29, 1.82) is 0 Å². The van der Waals surface area contributed by atoms with Crippen molar-refractivity contribution in [2.24, 2.45) is 0 Å². The fourth-order valence-electron chi connectivity index (χ4n) is 2.83. The van der Waals surface area contributed by atoms with Crippen LogP contribution in [0.2, 0.25) is 0 Å². The van der Waals surface area contributed by atoms with E-state index in [2.05, 4.69) is 17.1 Å². The maximum Gasteiger partial charge on any atom is 0.126 e. The first-order valence-corrected chi connectivity index (χ1v) is 7.43. The molecule has 1 aliphatic heterocycles. The highest BCUT2D eigenvalue weighted by Gasteiger charge is 2.21. The second kappa shape index (κ2) is 10.4. The fraction of sp³-hybridized carbons (Fsp3) is 0.625. The van der Waals surface area contributed by atoms with Gasteiger partial charge in [0.05, 0.1) is 0 Å². The zero-order valence-corrected chi connectivity index (χ0v) is 14.5. The summed E-state index contributed by atoms with van der Waals surface area (Å²) in [5.74, 6) is -0.0988. The topological polar surface area (TPSA) is 15.3 Å². The summed E-state index contributed by atoms with van der Waals surface area (Å²) in [6.07, 6.45) is 3.61. The Kier molecular flexibility index (Phi) is 10.2. The molecule has 1 aliphatic rings. The van der Waals surface area contributed by atoms with Crippen LogP contribution in [0.1, 0.15) is 43.4 Å². The van der Waals surface area contributed by atoms with Crippen molar-refractivity contribution in [3.05, 3.63) is 35.1 Å². The van der Waals surface area contributed by atoms with E-state index in [1.807, 2.05) is 19.1 Å². The van der Waals surface area contributed by atoms with Gasteiger partial charge in [0, 0.05) is 32.2 Å². The van der Waals surface area contributed by atoms with E-state index in [-0.39, 0.29) is 30.6 Å². The van der Waals surface area contributed by atoms with Crippen LogP contribution in [0, 0.1) is 12.7 Å². The Morgan fingerprint density at radius 1 is 1.24 bits per heavy atom. The van der Waals surface area contributed by atoms with E-state index in [1.165, 1.54) is 24.8 Å². The number of nitrogens with one attached hydrogen (secondary N) is 1. The SMILES string of the molecule is CCCC[C@@H](c1ccc(F)c(C)c1)N1CCNCC1.Cl.Cl. The molecular weight excluding hydrogens is 310 g/mol. The summed E-state index contributed by atoms with van der Waals surface area (Å²) in [6, 6.07) is 6.05. The van der Waals surface area contributed by atoms with Gasteiger partial charge >= 0.3 is 0 Å². The summed E-state index contributed by atoms with van der Waals surface area (Å²) in [4.78, 5) is 2.54. The van der Waals surface area contributed by atoms with Crippen LogP contribution in [-0.4, -0.2) is 31.1 Å². The van der Waals surface area contributed by atoms with Gasteiger partial charge in [-0.15, -0.1) is 24.8 Å². The number of aryl methyl sites for hydroxylation is 1. The molecular formula is C16H27Cl2FN2. The van der Waals surface area contributed by atoms with Gasteiger partial charge < -0.3 is 5.32 Å². The smallest absolute Gasteiger partial charge is 0.126 e. The van der Waals surface area contributed by atoms with Crippen LogP contribution in [0.3, 0.4) is 0 Å². The van der Waals surface area contributed by atoms with Crippen LogP contribution < -0.4 is 5.32 Å². The molecule has 0 aliphatic carbocycles. The molecule has 1 saturated heterocycles. The lowest BCUT2D eigenvalue weighted by molar-refractivity contribution is 0.163. The Labute approximate surface area is 140 Å². The molecule has 0 unspecified atom stereocenters. The molecule has 2 nitrogen and oxygen atoms in total. The number of unbranched alkanes of at least 4 members (excludes halogenated alkanes) is 1. The van der Waals surface area contributed by atoms with E-state index in [9.17, 15) is 4.39 Å². The van der Waals surface area contributed by atoms with Crippen LogP contribution >= 0.6 is 24.8 Å². The molecule has 21 heavy (non-hydrogen) atoms. The van der Waals surface area contributed by atoms with Crippen molar-refractivity contribution < 1.29 is 4.39 Å². The van der Waals surface area contributed by atoms with Crippen molar-refractivity contribution in [2.45, 2.75) is 39.2 Å². The molecule has 0 aromatic heterocycles. The molecule has 1 atom stereocenters. The molecule has 2 rings (SSSR count). The standard InChI is InChI=1S/C16H25FN2.2ClH/c1-3-4-5-16(19-10-8-18-9-11-19)14-6-7-15(17)13(2)12-14;;/h6-7,12,16,18H,3-5,8-11H2,1-2H3;2*1H/t16-;;/m0../s1. The molecule has 1 fully saturated rings. The van der Waals surface area contributed by atoms with E-state index in [0.717, 1.165) is 31.7 Å². The van der Waals surface area contributed by atoms with Crippen LogP contribution in [0.5, 0.6) is 0 Å². The Morgan fingerprint density at radius 3 is 2.48 bits per heavy atom. The zero-order valence-electron chi connectivity index (χ0n) is 12.9. The molecule has 1 aromatic rings. The van der Waals surface area contributed by atoms with Gasteiger partial charge in [-0.1, -0.05) is 31.9 Å². The van der Waals surface area contributed by atoms with Gasteiger partial charge in [0.15, 0.2) is 0 Å². The Bertz CT molecular complexity index is 409. The third-order valence-corrected chi connectivity index (χ3v) is 3.99. The third-order valence-electron chi connectivity index (χ3n) is 3.99. The number of rotatable bonds is 5. The Morgan fingerprint density at radius 2 is 1.90 bits per heavy atom. The highest BCUT2D eigenvalue weighted by atomic mass is 35.5. The maximum atomic E-state index is 13.4. The lowest BCUT2D eigenvalue weighted by Crippen LogP contribution is -2.45. The normalized spacial score (nSPS) is 16.7. The van der Waals surface area contributed by atoms with Gasteiger partial charge in [-0.05, 0) is 30.5 Å². The molecule has 0 amide bonds. The second-order valence-electron chi connectivity index (χ2n) is 5.45. The van der Waals surface area contributed by atoms with Crippen LogP contribution in [0.15, 0.2) is 18.2 Å². The van der Waals surface area contributed by atoms with Crippen LogP contribution in [-0.2, 0) is 0 Å². The molecule has 0 saturated carbocycles. The molecule has 1 N–H and O–H groups in total. The minimum atomic E-state index is -0.0988. The Balaban J connectivity index is 0.00000200. The van der Waals surface area contributed by atoms with E-state index >= 15 is 0 Å². The first kappa shape index (κ1) is 20.6. The quantitative estimate of drug-likeness (QED) is 0.870. The summed E-state index contributed by atoms with van der Waals surface area (Å²) in [5.41, 5.74) is 2.03. The van der Waals surface area contributed by atoms with Crippen molar-refractivity contribution in [3.8, 4) is 0 Å². The average Bonchev–Trinajstić information content (AvgIpc) is 2.44. The highest BCUT2D eigenvalue weighted by molar-refractivity contribution is 5.85. The summed E-state index contributed by atoms with van der Waals surface area (Å²) in [7, 11) is 0. The van der Waals surface area contributed by atoms with E-state index in [1.54, 1.807) is 6.07 Å². The lowest BCUT2D eigenvalue weighted by Gasteiger charge is -2.35. The largest absolute Gasteiger partial charge is 0.314 e. The minimum absolute atomic E-state index is 0. The summed E-state index contributed by atoms with van der Waals surface area (Å²) in [6.45, 7) is 8.37. The van der Waals surface area contributed by atoms with Crippen molar-refractivity contribution in [2.75, 3.05) is 26.2 Å². The first-order chi connectivity index (χ1) is 9.22. The van der Waals surface area contributed by atoms with E-state index in [4.69, 9.17) is 0 Å². The van der Waals surface area contributed by atoms with Crippen LogP contribution in [0.4, 0.5) is 4.39 Å². The highest BCUT2D eigenvalue weighted by Crippen LogP contribution is 2.28. The number of hydrogen-bond acceptors (Lipinski definition) is 2. The molecule has 1 aromatic carbocycles. The molecule has 1 heterocycles. The lowest BCUT2D eigenvalue weighted by atomic mass is 9.97. The predicted molar refractivity (Wildman–Crippen MR) is 92.3 cm³/mol. The van der Waals surface area contributed by atoms with E-state index in [0.29, 0.717) is 6.04 Å². The van der Waals surface area contributed by atoms with Gasteiger partial charge in [-0.3, -0.25) is 4.90 Å². The number of piperazine rings is 1. The van der Waals surface area contributed by atoms with Gasteiger partial charge in [-0.25, -0.2) is 4.39 Å². The first-order valence-electron chi connectivity index (χ1n) is 7.43. The fourth-order valence-corrected chi connectivity index (χ4v) is 2.83. The molecule has 0 spiro atoms. The van der Waals surface area contributed by atoms with Crippen molar-refractivity contribution in [1.82, 2.24) is 10.2 Å². The predicted octanol–water partition coefficient (Wildman–Crippen LogP) is 4.11. The molecule has 0 bridgehead atoms.